The smallest absolute Gasteiger partial charge is 0.159 e. The van der Waals surface area contributed by atoms with Crippen LogP contribution in [0.1, 0.15) is 31.0 Å². The van der Waals surface area contributed by atoms with Gasteiger partial charge < -0.3 is 14.2 Å². The Bertz CT molecular complexity index is 595. The average molecular weight is 288 g/mol. The van der Waals surface area contributed by atoms with Gasteiger partial charge in [0.1, 0.15) is 11.3 Å². The predicted molar refractivity (Wildman–Crippen MR) is 83.5 cm³/mol. The lowest BCUT2D eigenvalue weighted by Gasteiger charge is -2.29. The zero-order chi connectivity index (χ0) is 14.7. The summed E-state index contributed by atoms with van der Waals surface area (Å²) < 4.78 is 7.50. The molecule has 1 fully saturated rings. The third kappa shape index (κ3) is 3.09. The molecule has 1 saturated heterocycles. The first-order chi connectivity index (χ1) is 10.3. The topological polar surface area (TPSA) is 43.2 Å². The van der Waals surface area contributed by atoms with E-state index in [2.05, 4.69) is 27.6 Å². The Balaban J connectivity index is 1.93. The fourth-order valence-corrected chi connectivity index (χ4v) is 3.25. The largest absolute Gasteiger partial charge is 0.385 e. The maximum Gasteiger partial charge on any atom is 0.159 e. The van der Waals surface area contributed by atoms with Gasteiger partial charge in [-0.3, -0.25) is 0 Å². The van der Waals surface area contributed by atoms with Gasteiger partial charge in [0.2, 0.25) is 0 Å². The van der Waals surface area contributed by atoms with Crippen LogP contribution in [0.15, 0.2) is 18.3 Å². The Morgan fingerprint density at radius 2 is 2.33 bits per heavy atom. The lowest BCUT2D eigenvalue weighted by molar-refractivity contribution is 0.189. The maximum atomic E-state index is 5.19. The molecule has 0 aliphatic carbocycles. The molecule has 5 heteroatoms. The van der Waals surface area contributed by atoms with Crippen molar-refractivity contribution in [2.45, 2.75) is 31.7 Å². The quantitative estimate of drug-likeness (QED) is 0.792. The van der Waals surface area contributed by atoms with Crippen LogP contribution in [0.25, 0.3) is 11.2 Å². The van der Waals surface area contributed by atoms with E-state index in [4.69, 9.17) is 9.72 Å². The number of aryl methyl sites for hydroxylation is 1. The van der Waals surface area contributed by atoms with Gasteiger partial charge in [-0.15, -0.1) is 0 Å². The molecule has 1 atom stereocenters. The molecule has 0 saturated carbocycles. The highest BCUT2D eigenvalue weighted by Crippen LogP contribution is 2.28. The van der Waals surface area contributed by atoms with E-state index in [-0.39, 0.29) is 0 Å². The highest BCUT2D eigenvalue weighted by atomic mass is 16.5. The number of methoxy groups -OCH3 is 1. The van der Waals surface area contributed by atoms with Crippen molar-refractivity contribution >= 4 is 11.2 Å². The zero-order valence-electron chi connectivity index (χ0n) is 13.0. The molecule has 3 rings (SSSR count). The molecule has 5 nitrogen and oxygen atoms in total. The molecular formula is C16H24N4O. The Hall–Kier alpha value is -1.46. The summed E-state index contributed by atoms with van der Waals surface area (Å²) in [6.07, 6.45) is 5.31. The highest BCUT2D eigenvalue weighted by molar-refractivity contribution is 5.71. The molecule has 0 aromatic carbocycles. The summed E-state index contributed by atoms with van der Waals surface area (Å²) in [7, 11) is 3.95. The fraction of sp³-hybridized carbons (Fsp3) is 0.625. The van der Waals surface area contributed by atoms with Crippen LogP contribution in [0.3, 0.4) is 0 Å². The van der Waals surface area contributed by atoms with Gasteiger partial charge in [-0.25, -0.2) is 9.97 Å². The van der Waals surface area contributed by atoms with Gasteiger partial charge >= 0.3 is 0 Å². The normalized spacial score (nSPS) is 20.2. The van der Waals surface area contributed by atoms with E-state index in [0.29, 0.717) is 5.92 Å². The van der Waals surface area contributed by atoms with Crippen LogP contribution in [-0.4, -0.2) is 53.3 Å². The van der Waals surface area contributed by atoms with Crippen LogP contribution in [0.4, 0.5) is 0 Å². The number of aromatic nitrogens is 3. The molecule has 1 aliphatic heterocycles. The third-order valence-corrected chi connectivity index (χ3v) is 4.25. The van der Waals surface area contributed by atoms with Crippen LogP contribution in [-0.2, 0) is 11.3 Å². The maximum absolute atomic E-state index is 5.19. The van der Waals surface area contributed by atoms with E-state index in [1.165, 1.54) is 25.2 Å². The van der Waals surface area contributed by atoms with Gasteiger partial charge in [-0.2, -0.15) is 0 Å². The number of piperidine rings is 1. The number of pyridine rings is 1. The van der Waals surface area contributed by atoms with Crippen LogP contribution in [0, 0.1) is 0 Å². The monoisotopic (exact) mass is 288 g/mol. The Morgan fingerprint density at radius 1 is 1.43 bits per heavy atom. The number of nitrogens with zero attached hydrogens (tertiary/aromatic N) is 4. The first kappa shape index (κ1) is 14.5. The number of hydrogen-bond acceptors (Lipinski definition) is 4. The van der Waals surface area contributed by atoms with Crippen molar-refractivity contribution in [2.75, 3.05) is 33.9 Å². The van der Waals surface area contributed by atoms with Crippen molar-refractivity contribution in [1.82, 2.24) is 19.4 Å². The van der Waals surface area contributed by atoms with E-state index in [9.17, 15) is 0 Å². The molecule has 1 aliphatic rings. The lowest BCUT2D eigenvalue weighted by atomic mass is 9.97. The minimum atomic E-state index is 0.514. The molecule has 0 amide bonds. The molecule has 2 aromatic heterocycles. The van der Waals surface area contributed by atoms with Crippen molar-refractivity contribution in [2.24, 2.45) is 0 Å². The van der Waals surface area contributed by atoms with E-state index >= 15 is 0 Å². The molecule has 0 bridgehead atoms. The van der Waals surface area contributed by atoms with Gasteiger partial charge in [0.05, 0.1) is 0 Å². The number of hydrogen-bond donors (Lipinski definition) is 0. The second kappa shape index (κ2) is 6.54. The molecule has 21 heavy (non-hydrogen) atoms. The standard InChI is InChI=1S/C16H24N4O/c1-19-9-4-6-13(12-19)15-18-14-7-3-8-17-16(14)20(15)10-5-11-21-2/h3,7-8,13H,4-6,9-12H2,1-2H3. The summed E-state index contributed by atoms with van der Waals surface area (Å²) in [5, 5.41) is 0. The van der Waals surface area contributed by atoms with E-state index in [0.717, 1.165) is 37.3 Å². The summed E-state index contributed by atoms with van der Waals surface area (Å²) in [6, 6.07) is 4.02. The van der Waals surface area contributed by atoms with Gasteiger partial charge in [0.25, 0.3) is 0 Å². The second-order valence-electron chi connectivity index (χ2n) is 5.92. The number of likely N-dealkylation sites (tertiary alicyclic amines) is 1. The van der Waals surface area contributed by atoms with Gasteiger partial charge in [0, 0.05) is 38.9 Å². The summed E-state index contributed by atoms with van der Waals surface area (Å²) >= 11 is 0. The summed E-state index contributed by atoms with van der Waals surface area (Å²) in [5.41, 5.74) is 2.02. The number of imidazole rings is 1. The van der Waals surface area contributed by atoms with Crippen molar-refractivity contribution in [3.63, 3.8) is 0 Å². The Kier molecular flexibility index (Phi) is 4.51. The summed E-state index contributed by atoms with van der Waals surface area (Å²) in [4.78, 5) is 11.8. The molecule has 114 valence electrons. The minimum Gasteiger partial charge on any atom is -0.385 e. The summed E-state index contributed by atoms with van der Waals surface area (Å²) in [5.74, 6) is 1.71. The van der Waals surface area contributed by atoms with Gasteiger partial charge in [-0.1, -0.05) is 0 Å². The Labute approximate surface area is 125 Å². The van der Waals surface area contributed by atoms with Crippen LogP contribution in [0.2, 0.25) is 0 Å². The predicted octanol–water partition coefficient (Wildman–Crippen LogP) is 2.28. The van der Waals surface area contributed by atoms with Crippen LogP contribution < -0.4 is 0 Å². The molecular weight excluding hydrogens is 264 g/mol. The Morgan fingerprint density at radius 3 is 3.14 bits per heavy atom. The van der Waals surface area contributed by atoms with Crippen LogP contribution >= 0.6 is 0 Å². The number of fused-ring (bicyclic) bond motifs is 1. The fourth-order valence-electron chi connectivity index (χ4n) is 3.25. The molecule has 2 aromatic rings. The molecule has 0 radical (unpaired) electrons. The van der Waals surface area contributed by atoms with Gasteiger partial charge in [-0.05, 0) is 45.0 Å². The minimum absolute atomic E-state index is 0.514. The van der Waals surface area contributed by atoms with Gasteiger partial charge in [0.15, 0.2) is 5.65 Å². The van der Waals surface area contributed by atoms with E-state index in [1.54, 1.807) is 7.11 Å². The van der Waals surface area contributed by atoms with Crippen molar-refractivity contribution in [1.29, 1.82) is 0 Å². The summed E-state index contributed by atoms with van der Waals surface area (Å²) in [6.45, 7) is 3.99. The average Bonchev–Trinajstić information content (AvgIpc) is 2.87. The number of likely N-dealkylation sites (N-methyl/N-ethyl adjacent to an activating group) is 1. The second-order valence-corrected chi connectivity index (χ2v) is 5.92. The van der Waals surface area contributed by atoms with Crippen molar-refractivity contribution < 1.29 is 4.74 Å². The van der Waals surface area contributed by atoms with E-state index < -0.39 is 0 Å². The molecule has 1 unspecified atom stereocenters. The lowest BCUT2D eigenvalue weighted by Crippen LogP contribution is -2.32. The zero-order valence-corrected chi connectivity index (χ0v) is 13.0. The van der Waals surface area contributed by atoms with Crippen LogP contribution in [0.5, 0.6) is 0 Å². The third-order valence-electron chi connectivity index (χ3n) is 4.25. The highest BCUT2D eigenvalue weighted by Gasteiger charge is 2.24. The first-order valence-corrected chi connectivity index (χ1v) is 7.78. The molecule has 0 spiro atoms. The van der Waals surface area contributed by atoms with Crippen molar-refractivity contribution in [3.05, 3.63) is 24.2 Å². The molecule has 0 N–H and O–H groups in total. The van der Waals surface area contributed by atoms with E-state index in [1.807, 2.05) is 12.3 Å². The van der Waals surface area contributed by atoms with Crippen molar-refractivity contribution in [3.8, 4) is 0 Å². The number of ether oxygens (including phenoxy) is 1. The SMILES string of the molecule is COCCCn1c(C2CCCN(C)C2)nc2cccnc21. The first-order valence-electron chi connectivity index (χ1n) is 7.78. The molecule has 3 heterocycles. The number of rotatable bonds is 5.